The molecule has 1 saturated heterocycles. The Morgan fingerprint density at radius 2 is 2.15 bits per heavy atom. The van der Waals surface area contributed by atoms with Gasteiger partial charge in [-0.3, -0.25) is 0 Å². The summed E-state index contributed by atoms with van der Waals surface area (Å²) in [5.41, 5.74) is 0.687. The maximum absolute atomic E-state index is 13.6. The first-order valence-corrected chi connectivity index (χ1v) is 6.13. The van der Waals surface area contributed by atoms with Gasteiger partial charge < -0.3 is 20.4 Å². The van der Waals surface area contributed by atoms with Crippen LogP contribution in [0.3, 0.4) is 0 Å². The molecular formula is C13H15FN2O4. The van der Waals surface area contributed by atoms with Crippen LogP contribution < -0.4 is 5.32 Å². The molecule has 2 rings (SSSR count). The lowest BCUT2D eigenvalue weighted by atomic mass is 10.2. The molecule has 3 N–H and O–H groups in total. The first-order chi connectivity index (χ1) is 9.38. The molecule has 20 heavy (non-hydrogen) atoms. The summed E-state index contributed by atoms with van der Waals surface area (Å²) >= 11 is 0. The summed E-state index contributed by atoms with van der Waals surface area (Å²) in [5.74, 6) is -1.79. The molecule has 1 heterocycles. The summed E-state index contributed by atoms with van der Waals surface area (Å²) < 4.78 is 13.6. The molecule has 1 aromatic rings. The topological polar surface area (TPSA) is 89.9 Å². The molecule has 0 aliphatic carbocycles. The molecule has 0 spiro atoms. The Morgan fingerprint density at radius 1 is 1.45 bits per heavy atom. The minimum absolute atomic E-state index is 0.0221. The lowest BCUT2D eigenvalue weighted by molar-refractivity contribution is -0.141. The molecule has 0 aromatic heterocycles. The Balaban J connectivity index is 2.13. The van der Waals surface area contributed by atoms with Gasteiger partial charge in [-0.2, -0.15) is 0 Å². The van der Waals surface area contributed by atoms with Crippen LogP contribution in [0.25, 0.3) is 0 Å². The van der Waals surface area contributed by atoms with Crippen LogP contribution in [0, 0.1) is 12.7 Å². The number of amides is 2. The van der Waals surface area contributed by atoms with E-state index in [-0.39, 0.29) is 18.7 Å². The molecule has 6 nitrogen and oxygen atoms in total. The van der Waals surface area contributed by atoms with Gasteiger partial charge in [-0.25, -0.2) is 14.0 Å². The van der Waals surface area contributed by atoms with Gasteiger partial charge in [0.05, 0.1) is 11.8 Å². The highest BCUT2D eigenvalue weighted by Crippen LogP contribution is 2.21. The number of carboxylic acids is 1. The minimum Gasteiger partial charge on any atom is -0.480 e. The van der Waals surface area contributed by atoms with Crippen LogP contribution in [0.2, 0.25) is 0 Å². The zero-order chi connectivity index (χ0) is 14.9. The van der Waals surface area contributed by atoms with Crippen molar-refractivity contribution >= 4 is 17.7 Å². The Bertz CT molecular complexity index is 549. The molecule has 1 fully saturated rings. The summed E-state index contributed by atoms with van der Waals surface area (Å²) in [7, 11) is 0. The molecule has 7 heteroatoms. The highest BCUT2D eigenvalue weighted by molar-refractivity contribution is 5.92. The predicted octanol–water partition coefficient (Wildman–Crippen LogP) is 1.19. The third-order valence-corrected chi connectivity index (χ3v) is 3.19. The van der Waals surface area contributed by atoms with Crippen molar-refractivity contribution in [3.8, 4) is 0 Å². The molecule has 0 radical (unpaired) electrons. The SMILES string of the molecule is Cc1ccc(NC(=O)N2C[C@@H](O)C[C@H]2C(=O)O)c(F)c1. The van der Waals surface area contributed by atoms with Gasteiger partial charge in [0.15, 0.2) is 0 Å². The monoisotopic (exact) mass is 282 g/mol. The van der Waals surface area contributed by atoms with Crippen molar-refractivity contribution < 1.29 is 24.2 Å². The minimum atomic E-state index is -1.19. The second-order valence-electron chi connectivity index (χ2n) is 4.81. The third kappa shape index (κ3) is 2.88. The number of anilines is 1. The number of nitrogens with one attached hydrogen (secondary N) is 1. The van der Waals surface area contributed by atoms with Crippen LogP contribution in [-0.2, 0) is 4.79 Å². The van der Waals surface area contributed by atoms with Crippen molar-refractivity contribution in [2.75, 3.05) is 11.9 Å². The number of β-amino-alcohol motifs (C(OH)–C–C–N with tert-alkyl or cyclic N) is 1. The van der Waals surface area contributed by atoms with Gasteiger partial charge >= 0.3 is 12.0 Å². The Morgan fingerprint density at radius 3 is 2.75 bits per heavy atom. The molecule has 1 aliphatic heterocycles. The molecule has 1 aromatic carbocycles. The van der Waals surface area contributed by atoms with Crippen LogP contribution in [0.1, 0.15) is 12.0 Å². The van der Waals surface area contributed by atoms with Gasteiger partial charge in [0, 0.05) is 13.0 Å². The van der Waals surface area contributed by atoms with E-state index in [0.29, 0.717) is 5.56 Å². The second kappa shape index (κ2) is 5.46. The first kappa shape index (κ1) is 14.3. The van der Waals surface area contributed by atoms with E-state index in [1.54, 1.807) is 13.0 Å². The first-order valence-electron chi connectivity index (χ1n) is 6.13. The summed E-state index contributed by atoms with van der Waals surface area (Å²) in [6.07, 6.45) is -0.913. The lowest BCUT2D eigenvalue weighted by Gasteiger charge is -2.21. The maximum Gasteiger partial charge on any atom is 0.326 e. The van der Waals surface area contributed by atoms with Crippen molar-refractivity contribution in [3.05, 3.63) is 29.6 Å². The molecule has 0 saturated carbocycles. The number of rotatable bonds is 2. The van der Waals surface area contributed by atoms with Crippen LogP contribution in [0.5, 0.6) is 0 Å². The number of halogens is 1. The number of carbonyl (C=O) groups is 2. The van der Waals surface area contributed by atoms with Gasteiger partial charge in [-0.15, -0.1) is 0 Å². The average Bonchev–Trinajstić information content (AvgIpc) is 2.75. The van der Waals surface area contributed by atoms with E-state index in [9.17, 15) is 19.1 Å². The fourth-order valence-corrected chi connectivity index (χ4v) is 2.18. The normalized spacial score (nSPS) is 21.9. The molecule has 2 amide bonds. The summed E-state index contributed by atoms with van der Waals surface area (Å²) in [5, 5.41) is 20.8. The highest BCUT2D eigenvalue weighted by Gasteiger charge is 2.39. The number of benzene rings is 1. The number of aliphatic hydroxyl groups excluding tert-OH is 1. The predicted molar refractivity (Wildman–Crippen MR) is 68.9 cm³/mol. The van der Waals surface area contributed by atoms with Crippen LogP contribution in [0.15, 0.2) is 18.2 Å². The number of aryl methyl sites for hydroxylation is 1. The highest BCUT2D eigenvalue weighted by atomic mass is 19.1. The fraction of sp³-hybridized carbons (Fsp3) is 0.385. The van der Waals surface area contributed by atoms with Crippen molar-refractivity contribution in [1.82, 2.24) is 4.90 Å². The quantitative estimate of drug-likeness (QED) is 0.760. The zero-order valence-corrected chi connectivity index (χ0v) is 10.8. The Hall–Kier alpha value is -2.15. The number of carboxylic acid groups (broad SMARTS) is 1. The van der Waals surface area contributed by atoms with E-state index < -0.39 is 30.0 Å². The van der Waals surface area contributed by atoms with Crippen molar-refractivity contribution in [2.24, 2.45) is 0 Å². The van der Waals surface area contributed by atoms with Crippen LogP contribution in [0.4, 0.5) is 14.9 Å². The number of aliphatic carboxylic acids is 1. The number of hydrogen-bond acceptors (Lipinski definition) is 3. The summed E-state index contributed by atoms with van der Waals surface area (Å²) in [4.78, 5) is 24.0. The second-order valence-corrected chi connectivity index (χ2v) is 4.81. The Kier molecular flexibility index (Phi) is 3.89. The number of aliphatic hydroxyl groups is 1. The largest absolute Gasteiger partial charge is 0.480 e. The van der Waals surface area contributed by atoms with E-state index in [1.165, 1.54) is 12.1 Å². The van der Waals surface area contributed by atoms with Gasteiger partial charge in [0.2, 0.25) is 0 Å². The standard InChI is InChI=1S/C13H15FN2O4/c1-7-2-3-10(9(14)4-7)15-13(20)16-6-8(17)5-11(16)12(18)19/h2-4,8,11,17H,5-6H2,1H3,(H,15,20)(H,18,19)/t8-,11-/m0/s1. The van der Waals surface area contributed by atoms with E-state index in [2.05, 4.69) is 5.32 Å². The van der Waals surface area contributed by atoms with E-state index >= 15 is 0 Å². The smallest absolute Gasteiger partial charge is 0.326 e. The number of urea groups is 1. The van der Waals surface area contributed by atoms with E-state index in [1.807, 2.05) is 0 Å². The number of carbonyl (C=O) groups excluding carboxylic acids is 1. The molecule has 2 atom stereocenters. The van der Waals surface area contributed by atoms with Gasteiger partial charge in [0.25, 0.3) is 0 Å². The van der Waals surface area contributed by atoms with Crippen molar-refractivity contribution in [1.29, 1.82) is 0 Å². The third-order valence-electron chi connectivity index (χ3n) is 3.19. The van der Waals surface area contributed by atoms with Crippen molar-refractivity contribution in [3.63, 3.8) is 0 Å². The maximum atomic E-state index is 13.6. The Labute approximate surface area is 114 Å². The molecule has 108 valence electrons. The average molecular weight is 282 g/mol. The molecule has 1 aliphatic rings. The van der Waals surface area contributed by atoms with Gasteiger partial charge in [0.1, 0.15) is 11.9 Å². The molecular weight excluding hydrogens is 267 g/mol. The van der Waals surface area contributed by atoms with E-state index in [4.69, 9.17) is 5.11 Å². The van der Waals surface area contributed by atoms with Gasteiger partial charge in [-0.1, -0.05) is 6.07 Å². The number of likely N-dealkylation sites (tertiary alicyclic amines) is 1. The van der Waals surface area contributed by atoms with Crippen LogP contribution in [-0.4, -0.2) is 45.8 Å². The fourth-order valence-electron chi connectivity index (χ4n) is 2.18. The van der Waals surface area contributed by atoms with Crippen LogP contribution >= 0.6 is 0 Å². The summed E-state index contributed by atoms with van der Waals surface area (Å²) in [6, 6.07) is 2.47. The summed E-state index contributed by atoms with van der Waals surface area (Å²) in [6.45, 7) is 1.63. The lowest BCUT2D eigenvalue weighted by Crippen LogP contribution is -2.43. The van der Waals surface area contributed by atoms with E-state index in [0.717, 1.165) is 4.90 Å². The zero-order valence-electron chi connectivity index (χ0n) is 10.8. The van der Waals surface area contributed by atoms with Gasteiger partial charge in [-0.05, 0) is 24.6 Å². The molecule has 0 bridgehead atoms. The molecule has 0 unspecified atom stereocenters. The van der Waals surface area contributed by atoms with Crippen molar-refractivity contribution in [2.45, 2.75) is 25.5 Å². The number of hydrogen-bond donors (Lipinski definition) is 3. The number of nitrogens with zero attached hydrogens (tertiary/aromatic N) is 1.